The number of ether oxygens (including phenoxy) is 1. The maximum Gasteiger partial charge on any atom is 0.233 e. The van der Waals surface area contributed by atoms with E-state index in [2.05, 4.69) is 43.4 Å². The second-order valence-electron chi connectivity index (χ2n) is 6.37. The zero-order valence-corrected chi connectivity index (χ0v) is 16.2. The van der Waals surface area contributed by atoms with E-state index < -0.39 is 0 Å². The van der Waals surface area contributed by atoms with Gasteiger partial charge in [-0.25, -0.2) is 0 Å². The van der Waals surface area contributed by atoms with Crippen molar-refractivity contribution in [1.29, 1.82) is 0 Å². The van der Waals surface area contributed by atoms with E-state index in [1.165, 1.54) is 11.1 Å². The molecule has 4 heteroatoms. The number of thioether (sulfide) groups is 1. The molecule has 0 bridgehead atoms. The lowest BCUT2D eigenvalue weighted by Crippen LogP contribution is -2.32. The highest BCUT2D eigenvalue weighted by atomic mass is 32.2. The Morgan fingerprint density at radius 1 is 1.04 bits per heavy atom. The van der Waals surface area contributed by atoms with Crippen LogP contribution >= 0.6 is 11.8 Å². The monoisotopic (exact) mass is 357 g/mol. The molecule has 0 radical (unpaired) electrons. The van der Waals surface area contributed by atoms with Crippen LogP contribution in [0.15, 0.2) is 53.4 Å². The van der Waals surface area contributed by atoms with E-state index >= 15 is 0 Å². The Morgan fingerprint density at radius 3 is 2.24 bits per heavy atom. The lowest BCUT2D eigenvalue weighted by molar-refractivity contribution is -0.120. The van der Waals surface area contributed by atoms with Crippen LogP contribution in [-0.4, -0.2) is 24.8 Å². The van der Waals surface area contributed by atoms with E-state index in [9.17, 15) is 4.79 Å². The van der Waals surface area contributed by atoms with Gasteiger partial charge < -0.3 is 10.1 Å². The van der Waals surface area contributed by atoms with Crippen molar-refractivity contribution in [3.05, 3.63) is 59.7 Å². The molecule has 1 amide bonds. The molecular weight excluding hydrogens is 330 g/mol. The first-order valence-electron chi connectivity index (χ1n) is 8.67. The summed E-state index contributed by atoms with van der Waals surface area (Å²) in [6.07, 6.45) is 0.851. The van der Waals surface area contributed by atoms with E-state index in [0.717, 1.165) is 17.1 Å². The first-order valence-corrected chi connectivity index (χ1v) is 9.55. The molecule has 0 aromatic heterocycles. The van der Waals surface area contributed by atoms with Crippen molar-refractivity contribution in [3.63, 3.8) is 0 Å². The number of methoxy groups -OCH3 is 1. The number of amides is 1. The van der Waals surface area contributed by atoms with Gasteiger partial charge in [-0.05, 0) is 54.7 Å². The minimum absolute atomic E-state index is 0.0691. The topological polar surface area (TPSA) is 38.3 Å². The van der Waals surface area contributed by atoms with Gasteiger partial charge in [0.15, 0.2) is 0 Å². The molecule has 1 atom stereocenters. The predicted molar refractivity (Wildman–Crippen MR) is 106 cm³/mol. The minimum Gasteiger partial charge on any atom is -0.497 e. The van der Waals surface area contributed by atoms with Crippen LogP contribution in [0.1, 0.15) is 37.8 Å². The highest BCUT2D eigenvalue weighted by molar-refractivity contribution is 8.00. The van der Waals surface area contributed by atoms with Gasteiger partial charge in [0.05, 0.1) is 12.4 Å². The van der Waals surface area contributed by atoms with Gasteiger partial charge in [0.1, 0.15) is 5.75 Å². The first-order chi connectivity index (χ1) is 12.0. The number of carbonyl (C=O) groups is 1. The normalized spacial score (nSPS) is 12.0. The highest BCUT2D eigenvalue weighted by Crippen LogP contribution is 2.25. The number of nitrogens with one attached hydrogen (secondary N) is 1. The summed E-state index contributed by atoms with van der Waals surface area (Å²) < 4.78 is 5.15. The molecule has 2 aromatic carbocycles. The van der Waals surface area contributed by atoms with Crippen LogP contribution in [0.4, 0.5) is 0 Å². The van der Waals surface area contributed by atoms with E-state index in [4.69, 9.17) is 4.74 Å². The number of carbonyl (C=O) groups excluding carboxylic acids is 1. The summed E-state index contributed by atoms with van der Waals surface area (Å²) in [4.78, 5) is 13.3. The third kappa shape index (κ3) is 6.13. The van der Waals surface area contributed by atoms with Crippen molar-refractivity contribution in [3.8, 4) is 5.75 Å². The Morgan fingerprint density at radius 2 is 1.68 bits per heavy atom. The van der Waals surface area contributed by atoms with Crippen LogP contribution in [0.2, 0.25) is 0 Å². The molecule has 0 heterocycles. The fourth-order valence-corrected chi connectivity index (χ4v) is 3.35. The van der Waals surface area contributed by atoms with E-state index in [0.29, 0.717) is 12.5 Å². The van der Waals surface area contributed by atoms with Gasteiger partial charge in [-0.2, -0.15) is 0 Å². The second kappa shape index (κ2) is 9.52. The van der Waals surface area contributed by atoms with Crippen molar-refractivity contribution in [2.75, 3.05) is 13.7 Å². The molecule has 1 N–H and O–H groups in total. The summed E-state index contributed by atoms with van der Waals surface area (Å²) in [6.45, 7) is 6.98. The molecule has 0 fully saturated rings. The van der Waals surface area contributed by atoms with Crippen molar-refractivity contribution < 1.29 is 9.53 Å². The molecule has 0 unspecified atom stereocenters. The van der Waals surface area contributed by atoms with Crippen molar-refractivity contribution >= 4 is 17.7 Å². The van der Waals surface area contributed by atoms with Gasteiger partial charge in [-0.15, -0.1) is 11.8 Å². The molecule has 134 valence electrons. The SMILES string of the molecule is COc1ccc(S[C@@H](C)C(=O)NCCc2ccc(C(C)C)cc2)cc1. The van der Waals surface area contributed by atoms with Gasteiger partial charge in [0.25, 0.3) is 0 Å². The summed E-state index contributed by atoms with van der Waals surface area (Å²) in [5.74, 6) is 1.44. The Bertz CT molecular complexity index is 665. The number of hydrogen-bond donors (Lipinski definition) is 1. The summed E-state index contributed by atoms with van der Waals surface area (Å²) in [6, 6.07) is 16.4. The van der Waals surface area contributed by atoms with Crippen LogP contribution in [0, 0.1) is 0 Å². The van der Waals surface area contributed by atoms with Crippen LogP contribution in [0.3, 0.4) is 0 Å². The minimum atomic E-state index is -0.128. The lowest BCUT2D eigenvalue weighted by atomic mass is 10.0. The molecule has 25 heavy (non-hydrogen) atoms. The van der Waals surface area contributed by atoms with Gasteiger partial charge in [-0.3, -0.25) is 4.79 Å². The molecule has 2 rings (SSSR count). The van der Waals surface area contributed by atoms with Crippen LogP contribution in [-0.2, 0) is 11.2 Å². The van der Waals surface area contributed by atoms with E-state index in [1.54, 1.807) is 18.9 Å². The average Bonchev–Trinajstić information content (AvgIpc) is 2.62. The Hall–Kier alpha value is -1.94. The molecule has 0 aliphatic heterocycles. The molecule has 0 aliphatic rings. The maximum absolute atomic E-state index is 12.2. The molecule has 2 aromatic rings. The third-order valence-electron chi connectivity index (χ3n) is 4.10. The third-order valence-corrected chi connectivity index (χ3v) is 5.21. The maximum atomic E-state index is 12.2. The smallest absolute Gasteiger partial charge is 0.233 e. The van der Waals surface area contributed by atoms with E-state index in [-0.39, 0.29) is 11.2 Å². The Labute approximate surface area is 155 Å². The fourth-order valence-electron chi connectivity index (χ4n) is 2.45. The van der Waals surface area contributed by atoms with Crippen molar-refractivity contribution in [2.45, 2.75) is 43.3 Å². The standard InChI is InChI=1S/C21H27NO2S/c1-15(2)18-7-5-17(6-8-18)13-14-22-21(23)16(3)25-20-11-9-19(24-4)10-12-20/h5-12,15-16H,13-14H2,1-4H3,(H,22,23)/t16-/m0/s1. The average molecular weight is 358 g/mol. The van der Waals surface area contributed by atoms with Crippen LogP contribution in [0.25, 0.3) is 0 Å². The zero-order chi connectivity index (χ0) is 18.2. The molecule has 0 saturated carbocycles. The fraction of sp³-hybridized carbons (Fsp3) is 0.381. The van der Waals surface area contributed by atoms with Crippen molar-refractivity contribution in [2.24, 2.45) is 0 Å². The summed E-state index contributed by atoms with van der Waals surface area (Å²) in [7, 11) is 1.65. The first kappa shape index (κ1) is 19.4. The summed E-state index contributed by atoms with van der Waals surface area (Å²) >= 11 is 1.55. The number of rotatable bonds is 8. The summed E-state index contributed by atoms with van der Waals surface area (Å²) in [5.41, 5.74) is 2.59. The van der Waals surface area contributed by atoms with Gasteiger partial charge >= 0.3 is 0 Å². The summed E-state index contributed by atoms with van der Waals surface area (Å²) in [5, 5.41) is 2.90. The van der Waals surface area contributed by atoms with Gasteiger partial charge in [0.2, 0.25) is 5.91 Å². The van der Waals surface area contributed by atoms with Crippen molar-refractivity contribution in [1.82, 2.24) is 5.32 Å². The number of hydrogen-bond acceptors (Lipinski definition) is 3. The Balaban J connectivity index is 1.76. The number of benzene rings is 2. The lowest BCUT2D eigenvalue weighted by Gasteiger charge is -2.12. The largest absolute Gasteiger partial charge is 0.497 e. The highest BCUT2D eigenvalue weighted by Gasteiger charge is 2.13. The van der Waals surface area contributed by atoms with Gasteiger partial charge in [0, 0.05) is 11.4 Å². The predicted octanol–water partition coefficient (Wildman–Crippen LogP) is 4.66. The molecule has 0 aliphatic carbocycles. The van der Waals surface area contributed by atoms with Crippen LogP contribution < -0.4 is 10.1 Å². The second-order valence-corrected chi connectivity index (χ2v) is 7.79. The quantitative estimate of drug-likeness (QED) is 0.699. The zero-order valence-electron chi connectivity index (χ0n) is 15.4. The van der Waals surface area contributed by atoms with Gasteiger partial charge in [-0.1, -0.05) is 38.1 Å². The molecule has 3 nitrogen and oxygen atoms in total. The Kier molecular flexibility index (Phi) is 7.38. The molecule has 0 spiro atoms. The van der Waals surface area contributed by atoms with Crippen LogP contribution in [0.5, 0.6) is 5.75 Å². The van der Waals surface area contributed by atoms with E-state index in [1.807, 2.05) is 31.2 Å². The molecular formula is C21H27NO2S. The molecule has 0 saturated heterocycles.